The average Bonchev–Trinajstić information content (AvgIpc) is 2.56. The highest BCUT2D eigenvalue weighted by atomic mass is 16.5. The van der Waals surface area contributed by atoms with Gasteiger partial charge in [0.15, 0.2) is 0 Å². The largest absolute Gasteiger partial charge is 0.378 e. The summed E-state index contributed by atoms with van der Waals surface area (Å²) in [6.07, 6.45) is 0. The fraction of sp³-hybridized carbons (Fsp3) is 0.529. The number of carbonyl (C=O) groups is 1. The molecular formula is C17H23N3O2. The van der Waals surface area contributed by atoms with Gasteiger partial charge in [-0.15, -0.1) is 0 Å². The fourth-order valence-electron chi connectivity index (χ4n) is 2.76. The molecular weight excluding hydrogens is 278 g/mol. The Labute approximate surface area is 132 Å². The van der Waals surface area contributed by atoms with Gasteiger partial charge in [0, 0.05) is 19.6 Å². The van der Waals surface area contributed by atoms with Crippen LogP contribution in [0.4, 0.5) is 0 Å². The quantitative estimate of drug-likeness (QED) is 0.830. The first-order chi connectivity index (χ1) is 10.6. The van der Waals surface area contributed by atoms with Gasteiger partial charge in [0.2, 0.25) is 5.91 Å². The minimum atomic E-state index is -0.352. The molecule has 0 aromatic heterocycles. The molecule has 1 aliphatic heterocycles. The zero-order valence-electron chi connectivity index (χ0n) is 13.2. The maximum absolute atomic E-state index is 13.0. The molecule has 0 bridgehead atoms. The number of benzene rings is 1. The van der Waals surface area contributed by atoms with Crippen LogP contribution in [0.25, 0.3) is 0 Å². The average molecular weight is 301 g/mol. The molecule has 1 amide bonds. The van der Waals surface area contributed by atoms with Crippen molar-refractivity contribution < 1.29 is 9.53 Å². The number of nitrogens with zero attached hydrogens (tertiary/aromatic N) is 3. The molecule has 1 aromatic rings. The Morgan fingerprint density at radius 3 is 2.59 bits per heavy atom. The first-order valence-corrected chi connectivity index (χ1v) is 7.65. The van der Waals surface area contributed by atoms with E-state index >= 15 is 0 Å². The van der Waals surface area contributed by atoms with Gasteiger partial charge in [-0.05, 0) is 19.5 Å². The molecule has 0 radical (unpaired) electrons. The number of likely N-dealkylation sites (N-methyl/N-ethyl adjacent to an activating group) is 1. The minimum absolute atomic E-state index is 0.0853. The predicted molar refractivity (Wildman–Crippen MR) is 84.0 cm³/mol. The van der Waals surface area contributed by atoms with E-state index in [1.165, 1.54) is 0 Å². The zero-order chi connectivity index (χ0) is 15.9. The number of rotatable bonds is 5. The van der Waals surface area contributed by atoms with Gasteiger partial charge in [0.05, 0.1) is 25.2 Å². The summed E-state index contributed by atoms with van der Waals surface area (Å²) >= 11 is 0. The molecule has 1 fully saturated rings. The molecule has 1 heterocycles. The van der Waals surface area contributed by atoms with Crippen molar-refractivity contribution in [3.63, 3.8) is 0 Å². The normalized spacial score (nSPS) is 17.8. The van der Waals surface area contributed by atoms with Gasteiger partial charge in [-0.1, -0.05) is 30.3 Å². The van der Waals surface area contributed by atoms with E-state index in [0.29, 0.717) is 32.8 Å². The third-order valence-electron chi connectivity index (χ3n) is 3.89. The van der Waals surface area contributed by atoms with Gasteiger partial charge in [-0.25, -0.2) is 0 Å². The number of hydrogen-bond acceptors (Lipinski definition) is 4. The second-order valence-corrected chi connectivity index (χ2v) is 5.72. The Kier molecular flexibility index (Phi) is 5.93. The lowest BCUT2D eigenvalue weighted by molar-refractivity contribution is -0.141. The summed E-state index contributed by atoms with van der Waals surface area (Å²) < 4.78 is 5.33. The molecule has 1 saturated heterocycles. The SMILES string of the molecule is C[C@@H](C#N)CN(C)[C@@H](C(=O)N1CCOCC1)c1ccccc1. The number of carbonyl (C=O) groups excluding carboxylic acids is 1. The summed E-state index contributed by atoms with van der Waals surface area (Å²) in [6.45, 7) is 4.87. The van der Waals surface area contributed by atoms with E-state index in [1.807, 2.05) is 54.1 Å². The Morgan fingerprint density at radius 2 is 2.00 bits per heavy atom. The lowest BCUT2D eigenvalue weighted by atomic mass is 10.0. The molecule has 0 saturated carbocycles. The molecule has 22 heavy (non-hydrogen) atoms. The van der Waals surface area contributed by atoms with Crippen LogP contribution in [0, 0.1) is 17.2 Å². The minimum Gasteiger partial charge on any atom is -0.378 e. The van der Waals surface area contributed by atoms with Crippen molar-refractivity contribution in [2.24, 2.45) is 5.92 Å². The molecule has 2 atom stereocenters. The van der Waals surface area contributed by atoms with Gasteiger partial charge in [0.1, 0.15) is 6.04 Å². The predicted octanol–water partition coefficient (Wildman–Crippen LogP) is 1.68. The van der Waals surface area contributed by atoms with Crippen molar-refractivity contribution in [1.29, 1.82) is 5.26 Å². The number of amides is 1. The topological polar surface area (TPSA) is 56.6 Å². The van der Waals surface area contributed by atoms with Crippen molar-refractivity contribution in [3.8, 4) is 6.07 Å². The van der Waals surface area contributed by atoms with Crippen molar-refractivity contribution in [3.05, 3.63) is 35.9 Å². The summed E-state index contributed by atoms with van der Waals surface area (Å²) in [5.74, 6) is -0.0316. The maximum atomic E-state index is 13.0. The van der Waals surface area contributed by atoms with Crippen molar-refractivity contribution in [1.82, 2.24) is 9.80 Å². The van der Waals surface area contributed by atoms with Crippen LogP contribution in [-0.4, -0.2) is 55.6 Å². The highest BCUT2D eigenvalue weighted by Crippen LogP contribution is 2.23. The Morgan fingerprint density at radius 1 is 1.36 bits per heavy atom. The summed E-state index contributed by atoms with van der Waals surface area (Å²) in [6, 6.07) is 11.6. The van der Waals surface area contributed by atoms with Crippen LogP contribution in [-0.2, 0) is 9.53 Å². The number of ether oxygens (including phenoxy) is 1. The van der Waals surface area contributed by atoms with E-state index in [4.69, 9.17) is 10.00 Å². The van der Waals surface area contributed by atoms with E-state index in [2.05, 4.69) is 6.07 Å². The highest BCUT2D eigenvalue weighted by molar-refractivity contribution is 5.83. The van der Waals surface area contributed by atoms with Crippen LogP contribution >= 0.6 is 0 Å². The van der Waals surface area contributed by atoms with Gasteiger partial charge in [-0.2, -0.15) is 5.26 Å². The molecule has 2 rings (SSSR count). The van der Waals surface area contributed by atoms with Gasteiger partial charge in [0.25, 0.3) is 0 Å². The van der Waals surface area contributed by atoms with Crippen LogP contribution in [0.5, 0.6) is 0 Å². The highest BCUT2D eigenvalue weighted by Gasteiger charge is 2.30. The Hall–Kier alpha value is -1.90. The molecule has 0 unspecified atom stereocenters. The third kappa shape index (κ3) is 4.06. The standard InChI is InChI=1S/C17H23N3O2/c1-14(12-18)13-19(2)16(15-6-4-3-5-7-15)17(21)20-8-10-22-11-9-20/h3-7,14,16H,8-11,13H2,1-2H3/t14-,16+/m0/s1. The molecule has 0 aliphatic carbocycles. The number of hydrogen-bond donors (Lipinski definition) is 0. The summed E-state index contributed by atoms with van der Waals surface area (Å²) in [5.41, 5.74) is 0.964. The van der Waals surface area contributed by atoms with Crippen molar-refractivity contribution >= 4 is 5.91 Å². The number of morpholine rings is 1. The fourth-order valence-corrected chi connectivity index (χ4v) is 2.76. The Bertz CT molecular complexity index is 520. The molecule has 118 valence electrons. The van der Waals surface area contributed by atoms with E-state index in [0.717, 1.165) is 5.56 Å². The smallest absolute Gasteiger partial charge is 0.244 e. The zero-order valence-corrected chi connectivity index (χ0v) is 13.2. The Balaban J connectivity index is 2.21. The molecule has 0 spiro atoms. The van der Waals surface area contributed by atoms with Crippen LogP contribution in [0.3, 0.4) is 0 Å². The summed E-state index contributed by atoms with van der Waals surface area (Å²) in [5, 5.41) is 9.03. The van der Waals surface area contributed by atoms with Gasteiger partial charge < -0.3 is 9.64 Å². The van der Waals surface area contributed by atoms with Gasteiger partial charge >= 0.3 is 0 Å². The second-order valence-electron chi connectivity index (χ2n) is 5.72. The maximum Gasteiger partial charge on any atom is 0.244 e. The first-order valence-electron chi connectivity index (χ1n) is 7.65. The molecule has 5 nitrogen and oxygen atoms in total. The monoisotopic (exact) mass is 301 g/mol. The molecule has 0 N–H and O–H groups in total. The molecule has 1 aliphatic rings. The molecule has 5 heteroatoms. The van der Waals surface area contributed by atoms with Crippen LogP contribution in [0.1, 0.15) is 18.5 Å². The summed E-state index contributed by atoms with van der Waals surface area (Å²) in [7, 11) is 1.91. The lowest BCUT2D eigenvalue weighted by Crippen LogP contribution is -2.47. The van der Waals surface area contributed by atoms with Crippen LogP contribution in [0.2, 0.25) is 0 Å². The first kappa shape index (κ1) is 16.5. The summed E-state index contributed by atoms with van der Waals surface area (Å²) in [4.78, 5) is 16.8. The van der Waals surface area contributed by atoms with Crippen LogP contribution in [0.15, 0.2) is 30.3 Å². The molecule has 1 aromatic carbocycles. The van der Waals surface area contributed by atoms with Crippen molar-refractivity contribution in [2.75, 3.05) is 39.9 Å². The number of nitriles is 1. The van der Waals surface area contributed by atoms with Gasteiger partial charge in [-0.3, -0.25) is 9.69 Å². The van der Waals surface area contributed by atoms with E-state index in [-0.39, 0.29) is 17.9 Å². The van der Waals surface area contributed by atoms with Crippen molar-refractivity contribution in [2.45, 2.75) is 13.0 Å². The second kappa shape index (κ2) is 7.92. The van der Waals surface area contributed by atoms with E-state index < -0.39 is 0 Å². The third-order valence-corrected chi connectivity index (χ3v) is 3.89. The lowest BCUT2D eigenvalue weighted by Gasteiger charge is -2.35. The van der Waals surface area contributed by atoms with Crippen LogP contribution < -0.4 is 0 Å². The van der Waals surface area contributed by atoms with E-state index in [9.17, 15) is 4.79 Å². The van der Waals surface area contributed by atoms with E-state index in [1.54, 1.807) is 0 Å².